The first-order chi connectivity index (χ1) is 14.6. The average molecular weight is 410 g/mol. The fourth-order valence-corrected chi connectivity index (χ4v) is 2.29. The number of hydrogen-bond acceptors (Lipinski definition) is 8. The van der Waals surface area contributed by atoms with E-state index in [1.807, 2.05) is 30.3 Å². The van der Waals surface area contributed by atoms with Gasteiger partial charge in [-0.15, -0.1) is 0 Å². The molecule has 30 heavy (non-hydrogen) atoms. The lowest BCUT2D eigenvalue weighted by molar-refractivity contribution is 0.0591. The summed E-state index contributed by atoms with van der Waals surface area (Å²) < 4.78 is 14.7. The molecule has 3 rings (SSSR count). The highest BCUT2D eigenvalue weighted by Crippen LogP contribution is 2.11. The molecule has 0 amide bonds. The number of carbonyl (C=O) groups is 2. The largest absolute Gasteiger partial charge is 0.487 e. The van der Waals surface area contributed by atoms with Gasteiger partial charge in [-0.05, 0) is 36.4 Å². The minimum Gasteiger partial charge on any atom is -0.487 e. The molecule has 1 aromatic carbocycles. The first kappa shape index (κ1) is 22.5. The molecule has 0 bridgehead atoms. The number of benzene rings is 1. The molecular weight excluding hydrogens is 388 g/mol. The number of ether oxygens (including phenoxy) is 3. The number of para-hydroxylation sites is 1. The molecule has 0 radical (unpaired) electrons. The number of rotatable bonds is 6. The van der Waals surface area contributed by atoms with Crippen LogP contribution in [0, 0.1) is 0 Å². The molecule has 2 aromatic heterocycles. The minimum atomic E-state index is -0.424. The predicted octanol–water partition coefficient (Wildman–Crippen LogP) is 2.81. The summed E-state index contributed by atoms with van der Waals surface area (Å²) in [7, 11) is 2.66. The SMILES string of the molecule is COC(=O)c1ccnc(CO)c1.COC(=O)c1ccnc(COc2ccccc2)c1. The molecule has 8 nitrogen and oxygen atoms in total. The second-order valence-electron chi connectivity index (χ2n) is 5.81. The summed E-state index contributed by atoms with van der Waals surface area (Å²) in [5.41, 5.74) is 2.01. The van der Waals surface area contributed by atoms with Crippen molar-refractivity contribution in [3.05, 3.63) is 89.5 Å². The second kappa shape index (κ2) is 11.9. The maximum absolute atomic E-state index is 11.3. The summed E-state index contributed by atoms with van der Waals surface area (Å²) in [6.45, 7) is 0.139. The highest BCUT2D eigenvalue weighted by molar-refractivity contribution is 5.89. The third kappa shape index (κ3) is 6.99. The number of pyridine rings is 2. The second-order valence-corrected chi connectivity index (χ2v) is 5.81. The van der Waals surface area contributed by atoms with Crippen molar-refractivity contribution in [2.45, 2.75) is 13.2 Å². The quantitative estimate of drug-likeness (QED) is 0.618. The Kier molecular flexibility index (Phi) is 8.95. The van der Waals surface area contributed by atoms with Gasteiger partial charge < -0.3 is 19.3 Å². The number of esters is 2. The van der Waals surface area contributed by atoms with E-state index in [2.05, 4.69) is 19.4 Å². The molecule has 0 aliphatic carbocycles. The van der Waals surface area contributed by atoms with Crippen molar-refractivity contribution in [3.8, 4) is 5.75 Å². The summed E-state index contributed by atoms with van der Waals surface area (Å²) in [6, 6.07) is 15.7. The van der Waals surface area contributed by atoms with Crippen LogP contribution in [0.4, 0.5) is 0 Å². The zero-order valence-corrected chi connectivity index (χ0v) is 16.6. The highest BCUT2D eigenvalue weighted by Gasteiger charge is 2.07. The van der Waals surface area contributed by atoms with Crippen LogP contribution < -0.4 is 4.74 Å². The normalized spacial score (nSPS) is 9.70. The highest BCUT2D eigenvalue weighted by atomic mass is 16.5. The summed E-state index contributed by atoms with van der Waals surface area (Å²) in [5, 5.41) is 8.70. The van der Waals surface area contributed by atoms with E-state index in [0.717, 1.165) is 5.75 Å². The Morgan fingerprint density at radius 3 is 1.90 bits per heavy atom. The fraction of sp³-hybridized carbons (Fsp3) is 0.182. The van der Waals surface area contributed by atoms with Crippen LogP contribution in [0.1, 0.15) is 32.1 Å². The Bertz CT molecular complexity index is 963. The summed E-state index contributed by atoms with van der Waals surface area (Å²) in [6.07, 6.45) is 3.02. The van der Waals surface area contributed by atoms with E-state index in [9.17, 15) is 9.59 Å². The van der Waals surface area contributed by atoms with Gasteiger partial charge in [-0.1, -0.05) is 18.2 Å². The Hall–Kier alpha value is -3.78. The standard InChI is InChI=1S/C14H13NO3.C8H9NO3/c1-17-14(16)11-7-8-15-12(9-11)10-18-13-5-3-2-4-6-13;1-12-8(11)6-2-3-9-7(4-6)5-10/h2-9H,10H2,1H3;2-4,10H,5H2,1H3. The number of methoxy groups -OCH3 is 2. The molecule has 2 heterocycles. The number of aliphatic hydroxyl groups is 1. The molecule has 1 N–H and O–H groups in total. The van der Waals surface area contributed by atoms with E-state index >= 15 is 0 Å². The van der Waals surface area contributed by atoms with E-state index < -0.39 is 5.97 Å². The number of hydrogen-bond donors (Lipinski definition) is 1. The monoisotopic (exact) mass is 410 g/mol. The molecule has 0 aliphatic rings. The molecule has 3 aromatic rings. The van der Waals surface area contributed by atoms with Crippen molar-refractivity contribution in [1.82, 2.24) is 9.97 Å². The third-order valence-corrected chi connectivity index (χ3v) is 3.77. The van der Waals surface area contributed by atoms with E-state index in [-0.39, 0.29) is 12.6 Å². The van der Waals surface area contributed by atoms with Crippen LogP contribution in [0.5, 0.6) is 5.75 Å². The zero-order valence-electron chi connectivity index (χ0n) is 16.6. The number of aliphatic hydroxyl groups excluding tert-OH is 1. The maximum atomic E-state index is 11.3. The number of nitrogens with zero attached hydrogens (tertiary/aromatic N) is 2. The van der Waals surface area contributed by atoms with Crippen LogP contribution in [-0.2, 0) is 22.7 Å². The fourth-order valence-electron chi connectivity index (χ4n) is 2.29. The van der Waals surface area contributed by atoms with E-state index in [0.29, 0.717) is 29.1 Å². The first-order valence-electron chi connectivity index (χ1n) is 8.92. The van der Waals surface area contributed by atoms with Gasteiger partial charge in [0, 0.05) is 12.4 Å². The van der Waals surface area contributed by atoms with Gasteiger partial charge in [0.25, 0.3) is 0 Å². The molecule has 8 heteroatoms. The lowest BCUT2D eigenvalue weighted by atomic mass is 10.2. The summed E-state index contributed by atoms with van der Waals surface area (Å²) >= 11 is 0. The van der Waals surface area contributed by atoms with Crippen molar-refractivity contribution >= 4 is 11.9 Å². The van der Waals surface area contributed by atoms with Gasteiger partial charge in [0.15, 0.2) is 0 Å². The summed E-state index contributed by atoms with van der Waals surface area (Å²) in [5.74, 6) is -0.0340. The van der Waals surface area contributed by atoms with Crippen molar-refractivity contribution < 1.29 is 28.9 Å². The Morgan fingerprint density at radius 2 is 1.37 bits per heavy atom. The molecule has 156 valence electrons. The molecule has 0 unspecified atom stereocenters. The molecular formula is C22H22N2O6. The average Bonchev–Trinajstić information content (AvgIpc) is 2.83. The van der Waals surface area contributed by atoms with Crippen molar-refractivity contribution in [2.24, 2.45) is 0 Å². The van der Waals surface area contributed by atoms with Crippen LogP contribution >= 0.6 is 0 Å². The molecule has 0 aliphatic heterocycles. The summed E-state index contributed by atoms with van der Waals surface area (Å²) in [4.78, 5) is 30.3. The van der Waals surface area contributed by atoms with Crippen LogP contribution in [0.2, 0.25) is 0 Å². The van der Waals surface area contributed by atoms with Crippen molar-refractivity contribution in [2.75, 3.05) is 14.2 Å². The van der Waals surface area contributed by atoms with Crippen LogP contribution in [-0.4, -0.2) is 41.2 Å². The zero-order chi connectivity index (χ0) is 21.8. The van der Waals surface area contributed by atoms with E-state index in [4.69, 9.17) is 9.84 Å². The van der Waals surface area contributed by atoms with Crippen molar-refractivity contribution in [3.63, 3.8) is 0 Å². The van der Waals surface area contributed by atoms with Crippen LogP contribution in [0.25, 0.3) is 0 Å². The Balaban J connectivity index is 0.000000232. The van der Waals surface area contributed by atoms with E-state index in [1.54, 1.807) is 18.3 Å². The predicted molar refractivity (Wildman–Crippen MR) is 108 cm³/mol. The van der Waals surface area contributed by atoms with Gasteiger partial charge in [0.1, 0.15) is 12.4 Å². The Labute approximate surface area is 174 Å². The van der Waals surface area contributed by atoms with Crippen molar-refractivity contribution in [1.29, 1.82) is 0 Å². The minimum absolute atomic E-state index is 0.176. The maximum Gasteiger partial charge on any atom is 0.337 e. The number of aromatic nitrogens is 2. The first-order valence-corrected chi connectivity index (χ1v) is 8.92. The van der Waals surface area contributed by atoms with Gasteiger partial charge in [0.2, 0.25) is 0 Å². The van der Waals surface area contributed by atoms with Crippen LogP contribution in [0.15, 0.2) is 67.0 Å². The van der Waals surface area contributed by atoms with Gasteiger partial charge >= 0.3 is 11.9 Å². The molecule has 0 saturated carbocycles. The molecule has 0 atom stereocenters. The van der Waals surface area contributed by atoms with Gasteiger partial charge in [0.05, 0.1) is 43.3 Å². The number of carbonyl (C=O) groups excluding carboxylic acids is 2. The lowest BCUT2D eigenvalue weighted by Gasteiger charge is -2.06. The smallest absolute Gasteiger partial charge is 0.337 e. The molecule has 0 fully saturated rings. The Morgan fingerprint density at radius 1 is 0.833 bits per heavy atom. The van der Waals surface area contributed by atoms with E-state index in [1.165, 1.54) is 32.5 Å². The van der Waals surface area contributed by atoms with Gasteiger partial charge in [-0.25, -0.2) is 9.59 Å². The molecule has 0 saturated heterocycles. The third-order valence-electron chi connectivity index (χ3n) is 3.77. The molecule has 0 spiro atoms. The van der Waals surface area contributed by atoms with Gasteiger partial charge in [-0.3, -0.25) is 9.97 Å². The van der Waals surface area contributed by atoms with Gasteiger partial charge in [-0.2, -0.15) is 0 Å². The van der Waals surface area contributed by atoms with Crippen LogP contribution in [0.3, 0.4) is 0 Å². The topological polar surface area (TPSA) is 108 Å². The lowest BCUT2D eigenvalue weighted by Crippen LogP contribution is -2.04.